The van der Waals surface area contributed by atoms with E-state index in [4.69, 9.17) is 4.74 Å². The van der Waals surface area contributed by atoms with Crippen LogP contribution in [0.4, 0.5) is 0 Å². The van der Waals surface area contributed by atoms with Gasteiger partial charge in [-0.15, -0.1) is 0 Å². The minimum atomic E-state index is -0.0842. The molecule has 4 aliphatic rings. The molecule has 0 amide bonds. The van der Waals surface area contributed by atoms with Gasteiger partial charge in [-0.05, 0) is 49.4 Å². The highest BCUT2D eigenvalue weighted by atomic mass is 16.6. The SMILES string of the molecule is CC1CCC(C(C)C)C2(C1)OC(=O)C1C3CCCC3C12. The van der Waals surface area contributed by atoms with Crippen molar-refractivity contribution in [1.82, 2.24) is 0 Å². The van der Waals surface area contributed by atoms with Gasteiger partial charge in [-0.25, -0.2) is 0 Å². The Morgan fingerprint density at radius 2 is 1.90 bits per heavy atom. The molecule has 7 unspecified atom stereocenters. The molecule has 0 bridgehead atoms. The summed E-state index contributed by atoms with van der Waals surface area (Å²) in [4.78, 5) is 12.5. The summed E-state index contributed by atoms with van der Waals surface area (Å²) in [5.74, 6) is 4.44. The number of esters is 1. The van der Waals surface area contributed by atoms with Crippen LogP contribution in [-0.4, -0.2) is 11.6 Å². The maximum Gasteiger partial charge on any atom is 0.310 e. The van der Waals surface area contributed by atoms with Crippen molar-refractivity contribution in [2.45, 2.75) is 64.9 Å². The molecule has 4 fully saturated rings. The second kappa shape index (κ2) is 4.24. The average molecular weight is 276 g/mol. The van der Waals surface area contributed by atoms with Crippen LogP contribution in [0.2, 0.25) is 0 Å². The van der Waals surface area contributed by atoms with E-state index in [1.54, 1.807) is 0 Å². The van der Waals surface area contributed by atoms with E-state index in [1.165, 1.54) is 32.1 Å². The van der Waals surface area contributed by atoms with Crippen LogP contribution in [0.15, 0.2) is 0 Å². The monoisotopic (exact) mass is 276 g/mol. The number of hydrogen-bond acceptors (Lipinski definition) is 2. The molecule has 0 aromatic heterocycles. The van der Waals surface area contributed by atoms with Crippen molar-refractivity contribution in [3.63, 3.8) is 0 Å². The molecule has 7 atom stereocenters. The summed E-state index contributed by atoms with van der Waals surface area (Å²) in [5, 5.41) is 0. The van der Waals surface area contributed by atoms with Gasteiger partial charge in [-0.2, -0.15) is 0 Å². The van der Waals surface area contributed by atoms with Crippen LogP contribution in [0.1, 0.15) is 59.3 Å². The Morgan fingerprint density at radius 3 is 2.65 bits per heavy atom. The second-order valence-electron chi connectivity index (χ2n) is 8.42. The van der Waals surface area contributed by atoms with Crippen LogP contribution < -0.4 is 0 Å². The molecule has 3 saturated carbocycles. The molecule has 3 aliphatic carbocycles. The third kappa shape index (κ3) is 1.49. The van der Waals surface area contributed by atoms with E-state index in [1.807, 2.05) is 0 Å². The molecule has 2 nitrogen and oxygen atoms in total. The first-order chi connectivity index (χ1) is 9.54. The van der Waals surface area contributed by atoms with Gasteiger partial charge in [0.05, 0.1) is 5.92 Å². The molecule has 0 aromatic carbocycles. The Morgan fingerprint density at radius 1 is 1.15 bits per heavy atom. The van der Waals surface area contributed by atoms with Gasteiger partial charge >= 0.3 is 5.97 Å². The molecule has 20 heavy (non-hydrogen) atoms. The van der Waals surface area contributed by atoms with E-state index in [2.05, 4.69) is 20.8 Å². The van der Waals surface area contributed by atoms with Crippen LogP contribution in [0, 0.1) is 41.4 Å². The summed E-state index contributed by atoms with van der Waals surface area (Å²) in [6, 6.07) is 0. The zero-order chi connectivity index (χ0) is 14.1. The first-order valence-electron chi connectivity index (χ1n) is 8.77. The minimum absolute atomic E-state index is 0.0842. The minimum Gasteiger partial charge on any atom is -0.458 e. The normalized spacial score (nSPS) is 53.7. The van der Waals surface area contributed by atoms with E-state index < -0.39 is 0 Å². The zero-order valence-corrected chi connectivity index (χ0v) is 13.1. The fourth-order valence-corrected chi connectivity index (χ4v) is 6.51. The van der Waals surface area contributed by atoms with Gasteiger partial charge in [0.1, 0.15) is 5.60 Å². The predicted octanol–water partition coefficient (Wildman–Crippen LogP) is 4.04. The molecule has 1 saturated heterocycles. The number of carbonyl (C=O) groups is 1. The molecule has 1 aliphatic heterocycles. The molecular weight excluding hydrogens is 248 g/mol. The molecule has 1 spiro atoms. The summed E-state index contributed by atoms with van der Waals surface area (Å²) in [6.45, 7) is 7.01. The molecular formula is C18H28O2. The van der Waals surface area contributed by atoms with Crippen LogP contribution in [-0.2, 0) is 9.53 Å². The lowest BCUT2D eigenvalue weighted by molar-refractivity contribution is -0.167. The van der Waals surface area contributed by atoms with Gasteiger partial charge < -0.3 is 4.74 Å². The summed E-state index contributed by atoms with van der Waals surface area (Å²) < 4.78 is 6.22. The number of hydrogen-bond donors (Lipinski definition) is 0. The van der Waals surface area contributed by atoms with Gasteiger partial charge in [-0.1, -0.05) is 33.6 Å². The van der Waals surface area contributed by atoms with Crippen molar-refractivity contribution in [3.8, 4) is 0 Å². The van der Waals surface area contributed by atoms with E-state index in [0.717, 1.165) is 18.3 Å². The maximum atomic E-state index is 12.5. The third-order valence-corrected chi connectivity index (χ3v) is 7.13. The molecule has 4 rings (SSSR count). The standard InChI is InChI=1S/C18H28O2/c1-10(2)14-8-7-11(3)9-18(14)16-13-6-4-5-12(13)15(16)17(19)20-18/h10-16H,4-9H2,1-3H3. The van der Waals surface area contributed by atoms with Crippen molar-refractivity contribution in [1.29, 1.82) is 0 Å². The highest BCUT2D eigenvalue weighted by molar-refractivity contribution is 5.78. The van der Waals surface area contributed by atoms with Gasteiger partial charge in [-0.3, -0.25) is 4.79 Å². The molecule has 0 N–H and O–H groups in total. The van der Waals surface area contributed by atoms with E-state index in [-0.39, 0.29) is 17.5 Å². The smallest absolute Gasteiger partial charge is 0.310 e. The van der Waals surface area contributed by atoms with Crippen molar-refractivity contribution in [2.24, 2.45) is 41.4 Å². The molecule has 2 heteroatoms. The maximum absolute atomic E-state index is 12.5. The summed E-state index contributed by atoms with van der Waals surface area (Å²) in [6.07, 6.45) is 7.67. The fourth-order valence-electron chi connectivity index (χ4n) is 6.51. The lowest BCUT2D eigenvalue weighted by Gasteiger charge is -2.54. The molecule has 112 valence electrons. The van der Waals surface area contributed by atoms with Gasteiger partial charge in [0.2, 0.25) is 0 Å². The second-order valence-corrected chi connectivity index (χ2v) is 8.42. The van der Waals surface area contributed by atoms with Crippen LogP contribution in [0.3, 0.4) is 0 Å². The molecule has 1 heterocycles. The Hall–Kier alpha value is -0.530. The van der Waals surface area contributed by atoms with E-state index >= 15 is 0 Å². The van der Waals surface area contributed by atoms with Gasteiger partial charge in [0.15, 0.2) is 0 Å². The first-order valence-corrected chi connectivity index (χ1v) is 8.77. The Balaban J connectivity index is 1.72. The predicted molar refractivity (Wildman–Crippen MR) is 78.0 cm³/mol. The number of fused-ring (bicyclic) bond motifs is 5. The fraction of sp³-hybridized carbons (Fsp3) is 0.944. The van der Waals surface area contributed by atoms with Gasteiger partial charge in [0, 0.05) is 11.8 Å². The van der Waals surface area contributed by atoms with Crippen molar-refractivity contribution < 1.29 is 9.53 Å². The lowest BCUT2D eigenvalue weighted by atomic mass is 9.48. The highest BCUT2D eigenvalue weighted by Gasteiger charge is 2.71. The zero-order valence-electron chi connectivity index (χ0n) is 13.1. The Labute approximate surface area is 122 Å². The van der Waals surface area contributed by atoms with Crippen molar-refractivity contribution in [2.75, 3.05) is 0 Å². The number of ether oxygens (including phenoxy) is 1. The molecule has 0 aromatic rings. The first kappa shape index (κ1) is 13.2. The largest absolute Gasteiger partial charge is 0.458 e. The topological polar surface area (TPSA) is 26.3 Å². The quantitative estimate of drug-likeness (QED) is 0.676. The van der Waals surface area contributed by atoms with Crippen molar-refractivity contribution >= 4 is 5.97 Å². The average Bonchev–Trinajstić information content (AvgIpc) is 2.80. The lowest BCUT2D eigenvalue weighted by Crippen LogP contribution is -2.58. The van der Waals surface area contributed by atoms with E-state index in [9.17, 15) is 4.79 Å². The summed E-state index contributed by atoms with van der Waals surface area (Å²) in [7, 11) is 0. The van der Waals surface area contributed by atoms with Crippen molar-refractivity contribution in [3.05, 3.63) is 0 Å². The number of rotatable bonds is 1. The van der Waals surface area contributed by atoms with Crippen LogP contribution >= 0.6 is 0 Å². The third-order valence-electron chi connectivity index (χ3n) is 7.13. The van der Waals surface area contributed by atoms with E-state index in [0.29, 0.717) is 23.7 Å². The van der Waals surface area contributed by atoms with Gasteiger partial charge in [0.25, 0.3) is 0 Å². The summed E-state index contributed by atoms with van der Waals surface area (Å²) in [5.41, 5.74) is -0.0842. The Bertz CT molecular complexity index is 429. The molecule has 0 radical (unpaired) electrons. The summed E-state index contributed by atoms with van der Waals surface area (Å²) >= 11 is 0. The van der Waals surface area contributed by atoms with Crippen LogP contribution in [0.5, 0.6) is 0 Å². The Kier molecular flexibility index (Phi) is 2.79. The van der Waals surface area contributed by atoms with Crippen LogP contribution in [0.25, 0.3) is 0 Å². The number of carbonyl (C=O) groups excluding carboxylic acids is 1. The highest BCUT2D eigenvalue weighted by Crippen LogP contribution is 2.68.